The summed E-state index contributed by atoms with van der Waals surface area (Å²) in [5.41, 5.74) is 1.10. The Hall–Kier alpha value is -2.32. The number of nitrogens with zero attached hydrogens (tertiary/aromatic N) is 1. The first kappa shape index (κ1) is 16.5. The average molecular weight is 364 g/mol. The summed E-state index contributed by atoms with van der Waals surface area (Å²) in [5, 5.41) is 0. The van der Waals surface area contributed by atoms with E-state index in [1.165, 1.54) is 19.2 Å². The lowest BCUT2D eigenvalue weighted by Crippen LogP contribution is -2.13. The molecule has 126 valence electrons. The fourth-order valence-corrected chi connectivity index (χ4v) is 4.61. The Morgan fingerprint density at radius 2 is 1.96 bits per heavy atom. The van der Waals surface area contributed by atoms with Gasteiger partial charge in [-0.3, -0.25) is 14.1 Å². The van der Waals surface area contributed by atoms with Crippen molar-refractivity contribution >= 4 is 37.3 Å². The van der Waals surface area contributed by atoms with Crippen molar-refractivity contribution in [1.29, 1.82) is 0 Å². The maximum atomic E-state index is 12.6. The van der Waals surface area contributed by atoms with Crippen LogP contribution in [-0.2, 0) is 16.6 Å². The Labute approximate surface area is 143 Å². The predicted molar refractivity (Wildman–Crippen MR) is 95.6 cm³/mol. The largest absolute Gasteiger partial charge is 0.495 e. The van der Waals surface area contributed by atoms with Gasteiger partial charge in [-0.1, -0.05) is 23.5 Å². The Morgan fingerprint density at radius 3 is 2.67 bits per heavy atom. The van der Waals surface area contributed by atoms with Crippen LogP contribution in [0.4, 0.5) is 5.69 Å². The fourth-order valence-electron chi connectivity index (χ4n) is 2.45. The molecule has 3 aromatic rings. The number of thiazole rings is 1. The van der Waals surface area contributed by atoms with Crippen LogP contribution in [0, 0.1) is 0 Å². The van der Waals surface area contributed by atoms with Crippen LogP contribution >= 0.6 is 11.3 Å². The Balaban J connectivity index is 2.04. The van der Waals surface area contributed by atoms with E-state index in [0.717, 1.165) is 16.9 Å². The van der Waals surface area contributed by atoms with Gasteiger partial charge in [0.25, 0.3) is 10.0 Å². The SMILES string of the molecule is CCn1c(=O)sc2cc(S(=O)(=O)Nc3ccccc3OC)ccc21. The molecule has 0 aliphatic carbocycles. The van der Waals surface area contributed by atoms with E-state index >= 15 is 0 Å². The quantitative estimate of drug-likeness (QED) is 0.755. The average Bonchev–Trinajstić information content (AvgIpc) is 2.89. The number of benzene rings is 2. The summed E-state index contributed by atoms with van der Waals surface area (Å²) in [7, 11) is -2.31. The van der Waals surface area contributed by atoms with E-state index in [-0.39, 0.29) is 9.77 Å². The molecule has 0 aliphatic rings. The second-order valence-electron chi connectivity index (χ2n) is 5.05. The Morgan fingerprint density at radius 1 is 1.21 bits per heavy atom. The molecule has 2 aromatic carbocycles. The number of methoxy groups -OCH3 is 1. The van der Waals surface area contributed by atoms with Crippen LogP contribution in [0.2, 0.25) is 0 Å². The van der Waals surface area contributed by atoms with Crippen molar-refractivity contribution in [3.8, 4) is 5.75 Å². The summed E-state index contributed by atoms with van der Waals surface area (Å²) in [4.78, 5) is 11.9. The van der Waals surface area contributed by atoms with Crippen LogP contribution < -0.4 is 14.3 Å². The lowest BCUT2D eigenvalue weighted by Gasteiger charge is -2.11. The molecular weight excluding hydrogens is 348 g/mol. The standard InChI is InChI=1S/C16H16N2O4S2/c1-3-18-13-9-8-11(10-15(13)23-16(18)19)24(20,21)17-12-6-4-5-7-14(12)22-2/h4-10,17H,3H2,1-2H3. The maximum absolute atomic E-state index is 12.6. The van der Waals surface area contributed by atoms with Gasteiger partial charge < -0.3 is 4.74 Å². The van der Waals surface area contributed by atoms with Crippen molar-refractivity contribution < 1.29 is 13.2 Å². The molecule has 0 bridgehead atoms. The van der Waals surface area contributed by atoms with Gasteiger partial charge in [0.2, 0.25) is 0 Å². The summed E-state index contributed by atoms with van der Waals surface area (Å²) in [6.07, 6.45) is 0. The zero-order valence-electron chi connectivity index (χ0n) is 13.1. The number of hydrogen-bond acceptors (Lipinski definition) is 5. The third kappa shape index (κ3) is 2.90. The van der Waals surface area contributed by atoms with Gasteiger partial charge in [-0.25, -0.2) is 8.42 Å². The van der Waals surface area contributed by atoms with Crippen molar-refractivity contribution in [3.05, 3.63) is 52.1 Å². The normalized spacial score (nSPS) is 11.6. The number of nitrogens with one attached hydrogen (secondary N) is 1. The first-order valence-corrected chi connectivity index (χ1v) is 9.55. The van der Waals surface area contributed by atoms with Crippen LogP contribution in [0.25, 0.3) is 10.2 Å². The molecule has 1 aromatic heterocycles. The van der Waals surface area contributed by atoms with E-state index < -0.39 is 10.0 Å². The zero-order valence-corrected chi connectivity index (χ0v) is 14.8. The minimum atomic E-state index is -3.78. The number of ether oxygens (including phenoxy) is 1. The molecule has 0 unspecified atom stereocenters. The smallest absolute Gasteiger partial charge is 0.308 e. The highest BCUT2D eigenvalue weighted by Gasteiger charge is 2.18. The fraction of sp³-hybridized carbons (Fsp3) is 0.188. The molecule has 8 heteroatoms. The van der Waals surface area contributed by atoms with Crippen molar-refractivity contribution in [2.24, 2.45) is 0 Å². The van der Waals surface area contributed by atoms with E-state index in [9.17, 15) is 13.2 Å². The molecule has 1 heterocycles. The van der Waals surface area contributed by atoms with Crippen LogP contribution in [0.5, 0.6) is 5.75 Å². The van der Waals surface area contributed by atoms with Gasteiger partial charge in [0, 0.05) is 6.54 Å². The number of rotatable bonds is 5. The van der Waals surface area contributed by atoms with Gasteiger partial charge in [0.1, 0.15) is 5.75 Å². The number of para-hydroxylation sites is 2. The van der Waals surface area contributed by atoms with Crippen molar-refractivity contribution in [3.63, 3.8) is 0 Å². The molecule has 0 atom stereocenters. The molecule has 0 aliphatic heterocycles. The lowest BCUT2D eigenvalue weighted by molar-refractivity contribution is 0.417. The summed E-state index contributed by atoms with van der Waals surface area (Å²) < 4.78 is 35.2. The Bertz CT molecular complexity index is 1050. The molecule has 0 radical (unpaired) electrons. The van der Waals surface area contributed by atoms with Crippen LogP contribution in [0.15, 0.2) is 52.2 Å². The highest BCUT2D eigenvalue weighted by molar-refractivity contribution is 7.92. The van der Waals surface area contributed by atoms with E-state index in [1.54, 1.807) is 34.9 Å². The lowest BCUT2D eigenvalue weighted by atomic mass is 10.3. The topological polar surface area (TPSA) is 77.4 Å². The molecule has 0 saturated carbocycles. The number of fused-ring (bicyclic) bond motifs is 1. The summed E-state index contributed by atoms with van der Waals surface area (Å²) in [5.74, 6) is 0.434. The summed E-state index contributed by atoms with van der Waals surface area (Å²) >= 11 is 1.04. The first-order valence-electron chi connectivity index (χ1n) is 7.25. The third-order valence-corrected chi connectivity index (χ3v) is 5.92. The molecule has 6 nitrogen and oxygen atoms in total. The van der Waals surface area contributed by atoms with Crippen LogP contribution in [0.3, 0.4) is 0 Å². The predicted octanol–water partition coefficient (Wildman–Crippen LogP) is 2.89. The third-order valence-electron chi connectivity index (χ3n) is 3.62. The van der Waals surface area contributed by atoms with Gasteiger partial charge in [-0.05, 0) is 37.3 Å². The van der Waals surface area contributed by atoms with Crippen molar-refractivity contribution in [2.75, 3.05) is 11.8 Å². The van der Waals surface area contributed by atoms with E-state index in [0.29, 0.717) is 22.7 Å². The number of aryl methyl sites for hydroxylation is 1. The van der Waals surface area contributed by atoms with E-state index in [2.05, 4.69) is 4.72 Å². The molecule has 1 N–H and O–H groups in total. The first-order chi connectivity index (χ1) is 11.5. The molecule has 0 spiro atoms. The van der Waals surface area contributed by atoms with Gasteiger partial charge >= 0.3 is 4.87 Å². The molecule has 3 rings (SSSR count). The molecule has 24 heavy (non-hydrogen) atoms. The highest BCUT2D eigenvalue weighted by atomic mass is 32.2. The zero-order chi connectivity index (χ0) is 17.3. The van der Waals surface area contributed by atoms with Crippen LogP contribution in [-0.4, -0.2) is 20.1 Å². The minimum Gasteiger partial charge on any atom is -0.495 e. The monoisotopic (exact) mass is 364 g/mol. The number of hydrogen-bond donors (Lipinski definition) is 1. The van der Waals surface area contributed by atoms with Gasteiger partial charge in [0.05, 0.1) is 27.9 Å². The van der Waals surface area contributed by atoms with Crippen molar-refractivity contribution in [1.82, 2.24) is 4.57 Å². The van der Waals surface area contributed by atoms with Gasteiger partial charge in [0.15, 0.2) is 0 Å². The molecule has 0 fully saturated rings. The minimum absolute atomic E-state index is 0.0975. The Kier molecular flexibility index (Phi) is 4.33. The van der Waals surface area contributed by atoms with Crippen LogP contribution in [0.1, 0.15) is 6.92 Å². The van der Waals surface area contributed by atoms with Crippen molar-refractivity contribution in [2.45, 2.75) is 18.4 Å². The van der Waals surface area contributed by atoms with Gasteiger partial charge in [-0.15, -0.1) is 0 Å². The van der Waals surface area contributed by atoms with Gasteiger partial charge in [-0.2, -0.15) is 0 Å². The summed E-state index contributed by atoms with van der Waals surface area (Å²) in [6.45, 7) is 2.42. The number of anilines is 1. The summed E-state index contributed by atoms with van der Waals surface area (Å²) in [6, 6.07) is 11.5. The van der Waals surface area contributed by atoms with E-state index in [4.69, 9.17) is 4.74 Å². The molecule has 0 amide bonds. The molecule has 0 saturated heterocycles. The molecular formula is C16H16N2O4S2. The second-order valence-corrected chi connectivity index (χ2v) is 7.72. The second kappa shape index (κ2) is 6.29. The number of sulfonamides is 1. The number of aromatic nitrogens is 1. The van der Waals surface area contributed by atoms with E-state index in [1.807, 2.05) is 6.92 Å². The maximum Gasteiger partial charge on any atom is 0.308 e. The highest BCUT2D eigenvalue weighted by Crippen LogP contribution is 2.27.